The Balaban J connectivity index is 1.99. The highest BCUT2D eigenvalue weighted by atomic mass is 32.1. The number of rotatable bonds is 4. The van der Waals surface area contributed by atoms with Gasteiger partial charge in [-0.25, -0.2) is 4.79 Å². The molecule has 1 aliphatic rings. The van der Waals surface area contributed by atoms with E-state index in [0.717, 1.165) is 34.9 Å². The number of nitrogens with one attached hydrogen (secondary N) is 2. The van der Waals surface area contributed by atoms with E-state index < -0.39 is 0 Å². The number of hydrogen-bond acceptors (Lipinski definition) is 5. The summed E-state index contributed by atoms with van der Waals surface area (Å²) in [5, 5.41) is 7.45. The molecule has 5 nitrogen and oxygen atoms in total. The molecule has 1 saturated heterocycles. The first-order chi connectivity index (χ1) is 10.0. The van der Waals surface area contributed by atoms with Gasteiger partial charge in [0.25, 0.3) is 0 Å². The minimum atomic E-state index is -0.346. The van der Waals surface area contributed by atoms with Gasteiger partial charge in [-0.05, 0) is 44.5 Å². The first kappa shape index (κ1) is 16.2. The minimum Gasteiger partial charge on any atom is -0.465 e. The van der Waals surface area contributed by atoms with Crippen LogP contribution in [0.3, 0.4) is 0 Å². The van der Waals surface area contributed by atoms with Gasteiger partial charge in [0.05, 0.1) is 18.8 Å². The zero-order valence-electron chi connectivity index (χ0n) is 12.4. The second-order valence-electron chi connectivity index (χ2n) is 4.95. The van der Waals surface area contributed by atoms with Crippen molar-refractivity contribution in [1.29, 1.82) is 0 Å². The molecule has 2 rings (SSSR count). The summed E-state index contributed by atoms with van der Waals surface area (Å²) in [4.78, 5) is 12.9. The lowest BCUT2D eigenvalue weighted by atomic mass is 10.1. The second kappa shape index (κ2) is 7.20. The number of ether oxygens (including phenoxy) is 2. The number of anilines is 1. The molecule has 21 heavy (non-hydrogen) atoms. The Hall–Kier alpha value is -1.18. The molecule has 1 aliphatic heterocycles. The van der Waals surface area contributed by atoms with E-state index in [1.807, 2.05) is 13.8 Å². The SMILES string of the molecule is COC(=O)c1c(NC(=S)NC[C@H]2CCCO2)sc(C)c1C. The van der Waals surface area contributed by atoms with Crippen molar-refractivity contribution in [2.24, 2.45) is 0 Å². The molecule has 0 aromatic carbocycles. The van der Waals surface area contributed by atoms with E-state index in [1.54, 1.807) is 0 Å². The fourth-order valence-electron chi connectivity index (χ4n) is 2.22. The minimum absolute atomic E-state index is 0.219. The molecule has 0 unspecified atom stereocenters. The number of esters is 1. The topological polar surface area (TPSA) is 59.6 Å². The lowest BCUT2D eigenvalue weighted by molar-refractivity contribution is 0.0601. The third-order valence-corrected chi connectivity index (χ3v) is 4.89. The van der Waals surface area contributed by atoms with E-state index in [2.05, 4.69) is 10.6 Å². The number of carbonyl (C=O) groups is 1. The smallest absolute Gasteiger partial charge is 0.341 e. The summed E-state index contributed by atoms with van der Waals surface area (Å²) in [6.45, 7) is 5.39. The highest BCUT2D eigenvalue weighted by Crippen LogP contribution is 2.32. The molecule has 0 saturated carbocycles. The van der Waals surface area contributed by atoms with E-state index in [0.29, 0.717) is 17.2 Å². The number of thiophene rings is 1. The lowest BCUT2D eigenvalue weighted by Gasteiger charge is -2.14. The first-order valence-corrected chi connectivity index (χ1v) is 8.10. The van der Waals surface area contributed by atoms with Crippen molar-refractivity contribution in [3.05, 3.63) is 16.0 Å². The van der Waals surface area contributed by atoms with Crippen molar-refractivity contribution in [2.75, 3.05) is 25.6 Å². The molecular formula is C14H20N2O3S2. The molecule has 1 fully saturated rings. The van der Waals surface area contributed by atoms with Crippen molar-refractivity contribution in [3.63, 3.8) is 0 Å². The first-order valence-electron chi connectivity index (χ1n) is 6.87. The molecule has 0 spiro atoms. The van der Waals surface area contributed by atoms with Crippen LogP contribution < -0.4 is 10.6 Å². The van der Waals surface area contributed by atoms with Crippen LogP contribution in [-0.4, -0.2) is 37.4 Å². The maximum Gasteiger partial charge on any atom is 0.341 e. The Morgan fingerprint density at radius 3 is 2.90 bits per heavy atom. The highest BCUT2D eigenvalue weighted by Gasteiger charge is 2.21. The zero-order chi connectivity index (χ0) is 15.4. The van der Waals surface area contributed by atoms with E-state index in [4.69, 9.17) is 21.7 Å². The molecule has 1 aromatic rings. The zero-order valence-corrected chi connectivity index (χ0v) is 14.1. The quantitative estimate of drug-likeness (QED) is 0.654. The monoisotopic (exact) mass is 328 g/mol. The van der Waals surface area contributed by atoms with E-state index in [9.17, 15) is 4.79 Å². The molecule has 1 atom stereocenters. The van der Waals surface area contributed by atoms with E-state index >= 15 is 0 Å². The Morgan fingerprint density at radius 1 is 1.52 bits per heavy atom. The van der Waals surface area contributed by atoms with Crippen LogP contribution in [0.4, 0.5) is 5.00 Å². The summed E-state index contributed by atoms with van der Waals surface area (Å²) in [6, 6.07) is 0. The number of hydrogen-bond donors (Lipinski definition) is 2. The van der Waals surface area contributed by atoms with Gasteiger partial charge in [-0.3, -0.25) is 0 Å². The predicted octanol–water partition coefficient (Wildman–Crippen LogP) is 2.62. The average molecular weight is 328 g/mol. The number of carbonyl (C=O) groups excluding carboxylic acids is 1. The molecule has 0 aliphatic carbocycles. The Morgan fingerprint density at radius 2 is 2.29 bits per heavy atom. The van der Waals surface area contributed by atoms with Gasteiger partial charge < -0.3 is 20.1 Å². The van der Waals surface area contributed by atoms with Gasteiger partial charge in [-0.15, -0.1) is 11.3 Å². The summed E-state index contributed by atoms with van der Waals surface area (Å²) >= 11 is 6.78. The maximum atomic E-state index is 11.9. The van der Waals surface area contributed by atoms with Gasteiger partial charge in [0.2, 0.25) is 0 Å². The van der Waals surface area contributed by atoms with Crippen LogP contribution in [0.15, 0.2) is 0 Å². The van der Waals surface area contributed by atoms with Gasteiger partial charge in [0.15, 0.2) is 5.11 Å². The maximum absolute atomic E-state index is 11.9. The van der Waals surface area contributed by atoms with Crippen molar-refractivity contribution >= 4 is 39.6 Å². The average Bonchev–Trinajstić information content (AvgIpc) is 3.06. The molecule has 0 bridgehead atoms. The standard InChI is InChI=1S/C14H20N2O3S2/c1-8-9(2)21-12(11(8)13(17)18-3)16-14(20)15-7-10-5-4-6-19-10/h10H,4-7H2,1-3H3,(H2,15,16,20)/t10-/m1/s1. The molecule has 2 N–H and O–H groups in total. The van der Waals surface area contributed by atoms with Crippen molar-refractivity contribution in [3.8, 4) is 0 Å². The van der Waals surface area contributed by atoms with Gasteiger partial charge in [0.1, 0.15) is 5.00 Å². The van der Waals surface area contributed by atoms with Crippen molar-refractivity contribution < 1.29 is 14.3 Å². The third-order valence-electron chi connectivity index (χ3n) is 3.52. The van der Waals surface area contributed by atoms with Crippen molar-refractivity contribution in [2.45, 2.75) is 32.8 Å². The van der Waals surface area contributed by atoms with Gasteiger partial charge in [-0.2, -0.15) is 0 Å². The molecule has 2 heterocycles. The fraction of sp³-hybridized carbons (Fsp3) is 0.571. The highest BCUT2D eigenvalue weighted by molar-refractivity contribution is 7.80. The summed E-state index contributed by atoms with van der Waals surface area (Å²) in [7, 11) is 1.38. The van der Waals surface area contributed by atoms with Crippen LogP contribution in [0, 0.1) is 13.8 Å². The van der Waals surface area contributed by atoms with Crippen LogP contribution in [0.2, 0.25) is 0 Å². The second-order valence-corrected chi connectivity index (χ2v) is 6.58. The van der Waals surface area contributed by atoms with Crippen LogP contribution >= 0.6 is 23.6 Å². The Kier molecular flexibility index (Phi) is 5.55. The van der Waals surface area contributed by atoms with Gasteiger partial charge in [0, 0.05) is 18.0 Å². The summed E-state index contributed by atoms with van der Waals surface area (Å²) in [5.41, 5.74) is 1.48. The van der Waals surface area contributed by atoms with E-state index in [-0.39, 0.29) is 12.1 Å². The van der Waals surface area contributed by atoms with Crippen LogP contribution in [0.1, 0.15) is 33.6 Å². The largest absolute Gasteiger partial charge is 0.465 e. The molecule has 0 amide bonds. The Bertz CT molecular complexity index is 537. The van der Waals surface area contributed by atoms with Crippen LogP contribution in [0.5, 0.6) is 0 Å². The summed E-state index contributed by atoms with van der Waals surface area (Å²) in [5.74, 6) is -0.346. The summed E-state index contributed by atoms with van der Waals surface area (Å²) < 4.78 is 10.4. The van der Waals surface area contributed by atoms with Crippen LogP contribution in [-0.2, 0) is 9.47 Å². The molecule has 0 radical (unpaired) electrons. The van der Waals surface area contributed by atoms with Crippen molar-refractivity contribution in [1.82, 2.24) is 5.32 Å². The number of aryl methyl sites for hydroxylation is 1. The predicted molar refractivity (Wildman–Crippen MR) is 88.3 cm³/mol. The Labute approximate surface area is 134 Å². The lowest BCUT2D eigenvalue weighted by Crippen LogP contribution is -2.34. The molecule has 7 heteroatoms. The van der Waals surface area contributed by atoms with E-state index in [1.165, 1.54) is 18.4 Å². The molecular weight excluding hydrogens is 308 g/mol. The number of methoxy groups -OCH3 is 1. The third kappa shape index (κ3) is 3.93. The molecule has 116 valence electrons. The van der Waals surface area contributed by atoms with Gasteiger partial charge in [-0.1, -0.05) is 0 Å². The molecule has 1 aromatic heterocycles. The summed E-state index contributed by atoms with van der Waals surface area (Å²) in [6.07, 6.45) is 2.37. The normalized spacial score (nSPS) is 17.6. The fourth-order valence-corrected chi connectivity index (χ4v) is 3.52. The van der Waals surface area contributed by atoms with Crippen LogP contribution in [0.25, 0.3) is 0 Å². The number of thiocarbonyl (C=S) groups is 1. The van der Waals surface area contributed by atoms with Gasteiger partial charge >= 0.3 is 5.97 Å².